The van der Waals surface area contributed by atoms with E-state index in [1.54, 1.807) is 11.9 Å². The van der Waals surface area contributed by atoms with Gasteiger partial charge in [-0.2, -0.15) is 0 Å². The van der Waals surface area contributed by atoms with Gasteiger partial charge in [-0.3, -0.25) is 4.79 Å². The summed E-state index contributed by atoms with van der Waals surface area (Å²) in [6, 6.07) is 0.379. The molecule has 96 valence electrons. The smallest absolute Gasteiger partial charge is 0.318 e. The molecular formula is C10H19N5O2. The molecule has 0 bridgehead atoms. The van der Waals surface area contributed by atoms with E-state index in [-0.39, 0.29) is 12.5 Å². The second kappa shape index (κ2) is 6.85. The SMILES string of the molecule is CCNCc1nnc(N(CC)CC(=O)NC)o1. The van der Waals surface area contributed by atoms with Crippen LogP contribution in [0.4, 0.5) is 6.01 Å². The Morgan fingerprint density at radius 1 is 1.41 bits per heavy atom. The quantitative estimate of drug-likeness (QED) is 0.685. The molecule has 0 aromatic carbocycles. The summed E-state index contributed by atoms with van der Waals surface area (Å²) in [6.45, 7) is 6.17. The first-order valence-electron chi connectivity index (χ1n) is 5.69. The maximum Gasteiger partial charge on any atom is 0.318 e. The Morgan fingerprint density at radius 2 is 2.18 bits per heavy atom. The highest BCUT2D eigenvalue weighted by atomic mass is 16.4. The lowest BCUT2D eigenvalue weighted by molar-refractivity contribution is -0.119. The molecule has 1 amide bonds. The number of hydrogen-bond acceptors (Lipinski definition) is 6. The first-order valence-corrected chi connectivity index (χ1v) is 5.69. The normalized spacial score (nSPS) is 10.3. The Labute approximate surface area is 101 Å². The minimum Gasteiger partial charge on any atom is -0.407 e. The maximum absolute atomic E-state index is 11.3. The molecule has 0 aliphatic rings. The van der Waals surface area contributed by atoms with Crippen molar-refractivity contribution in [1.82, 2.24) is 20.8 Å². The van der Waals surface area contributed by atoms with Crippen molar-refractivity contribution < 1.29 is 9.21 Å². The van der Waals surface area contributed by atoms with Crippen molar-refractivity contribution in [1.29, 1.82) is 0 Å². The van der Waals surface area contributed by atoms with Gasteiger partial charge in [-0.1, -0.05) is 12.0 Å². The van der Waals surface area contributed by atoms with E-state index < -0.39 is 0 Å². The number of amides is 1. The molecule has 0 aliphatic carbocycles. The van der Waals surface area contributed by atoms with Crippen LogP contribution in [0.25, 0.3) is 0 Å². The summed E-state index contributed by atoms with van der Waals surface area (Å²) in [5, 5.41) is 13.5. The Morgan fingerprint density at radius 3 is 2.76 bits per heavy atom. The largest absolute Gasteiger partial charge is 0.407 e. The van der Waals surface area contributed by atoms with E-state index in [9.17, 15) is 4.79 Å². The van der Waals surface area contributed by atoms with E-state index in [2.05, 4.69) is 20.8 Å². The monoisotopic (exact) mass is 241 g/mol. The fourth-order valence-electron chi connectivity index (χ4n) is 1.24. The highest BCUT2D eigenvalue weighted by molar-refractivity contribution is 5.80. The molecule has 1 aromatic rings. The summed E-state index contributed by atoms with van der Waals surface area (Å²) >= 11 is 0. The van der Waals surface area contributed by atoms with Crippen LogP contribution in [0.15, 0.2) is 4.42 Å². The van der Waals surface area contributed by atoms with E-state index in [1.807, 2.05) is 13.8 Å². The van der Waals surface area contributed by atoms with Crippen LogP contribution >= 0.6 is 0 Å². The average molecular weight is 241 g/mol. The molecule has 17 heavy (non-hydrogen) atoms. The van der Waals surface area contributed by atoms with Gasteiger partial charge in [0.1, 0.15) is 6.54 Å². The number of nitrogens with zero attached hydrogens (tertiary/aromatic N) is 3. The Hall–Kier alpha value is -1.63. The number of hydrogen-bond donors (Lipinski definition) is 2. The lowest BCUT2D eigenvalue weighted by atomic mass is 10.5. The predicted molar refractivity (Wildman–Crippen MR) is 63.6 cm³/mol. The topological polar surface area (TPSA) is 83.3 Å². The number of aromatic nitrogens is 2. The van der Waals surface area contributed by atoms with Crippen LogP contribution in [-0.4, -0.2) is 42.8 Å². The van der Waals surface area contributed by atoms with Crippen LogP contribution in [0, 0.1) is 0 Å². The average Bonchev–Trinajstić information content (AvgIpc) is 2.81. The number of rotatable bonds is 7. The van der Waals surface area contributed by atoms with Crippen LogP contribution in [0.1, 0.15) is 19.7 Å². The summed E-state index contributed by atoms with van der Waals surface area (Å²) in [5.74, 6) is 0.440. The molecule has 2 N–H and O–H groups in total. The van der Waals surface area contributed by atoms with Crippen molar-refractivity contribution in [3.05, 3.63) is 5.89 Å². The van der Waals surface area contributed by atoms with Crippen molar-refractivity contribution in [3.8, 4) is 0 Å². The van der Waals surface area contributed by atoms with Crippen LogP contribution in [0.3, 0.4) is 0 Å². The van der Waals surface area contributed by atoms with Crippen LogP contribution in [0.2, 0.25) is 0 Å². The van der Waals surface area contributed by atoms with Crippen LogP contribution in [-0.2, 0) is 11.3 Å². The molecule has 7 heteroatoms. The molecule has 0 spiro atoms. The Bertz CT molecular complexity index is 352. The van der Waals surface area contributed by atoms with Gasteiger partial charge in [-0.25, -0.2) is 0 Å². The standard InChI is InChI=1S/C10H19N5O2/c1-4-12-6-9-13-14-10(17-9)15(5-2)7-8(16)11-3/h12H,4-7H2,1-3H3,(H,11,16). The maximum atomic E-state index is 11.3. The van der Waals surface area contributed by atoms with Crippen molar-refractivity contribution >= 4 is 11.9 Å². The van der Waals surface area contributed by atoms with E-state index >= 15 is 0 Å². The summed E-state index contributed by atoms with van der Waals surface area (Å²) in [4.78, 5) is 13.0. The molecule has 0 unspecified atom stereocenters. The number of anilines is 1. The zero-order valence-electron chi connectivity index (χ0n) is 10.5. The molecule has 0 radical (unpaired) electrons. The predicted octanol–water partition coefficient (Wildman–Crippen LogP) is -0.249. The van der Waals surface area contributed by atoms with Gasteiger partial charge in [0.2, 0.25) is 11.8 Å². The second-order valence-corrected chi connectivity index (χ2v) is 3.45. The van der Waals surface area contributed by atoms with E-state index in [1.165, 1.54) is 0 Å². The van der Waals surface area contributed by atoms with Gasteiger partial charge in [0, 0.05) is 13.6 Å². The van der Waals surface area contributed by atoms with Gasteiger partial charge in [0.15, 0.2) is 0 Å². The zero-order chi connectivity index (χ0) is 12.7. The molecule has 1 rings (SSSR count). The van der Waals surface area contributed by atoms with Crippen molar-refractivity contribution in [2.24, 2.45) is 0 Å². The summed E-state index contributed by atoms with van der Waals surface area (Å²) in [5.41, 5.74) is 0. The number of carbonyl (C=O) groups excluding carboxylic acids is 1. The third-order valence-corrected chi connectivity index (χ3v) is 2.25. The Balaban J connectivity index is 2.62. The molecule has 1 aromatic heterocycles. The van der Waals surface area contributed by atoms with Gasteiger partial charge < -0.3 is 20.0 Å². The molecule has 0 aliphatic heterocycles. The first-order chi connectivity index (χ1) is 8.21. The minimum absolute atomic E-state index is 0.0849. The summed E-state index contributed by atoms with van der Waals surface area (Å²) in [7, 11) is 1.60. The third kappa shape index (κ3) is 4.03. The van der Waals surface area contributed by atoms with E-state index in [4.69, 9.17) is 4.42 Å². The number of likely N-dealkylation sites (N-methyl/N-ethyl adjacent to an activating group) is 2. The first kappa shape index (κ1) is 13.4. The molecule has 0 fully saturated rings. The fraction of sp³-hybridized carbons (Fsp3) is 0.700. The van der Waals surface area contributed by atoms with Crippen LogP contribution in [0.5, 0.6) is 0 Å². The molecular weight excluding hydrogens is 222 g/mol. The highest BCUT2D eigenvalue weighted by Crippen LogP contribution is 2.11. The number of nitrogens with one attached hydrogen (secondary N) is 2. The molecule has 7 nitrogen and oxygen atoms in total. The second-order valence-electron chi connectivity index (χ2n) is 3.45. The minimum atomic E-state index is -0.0849. The zero-order valence-corrected chi connectivity index (χ0v) is 10.5. The van der Waals surface area contributed by atoms with Crippen molar-refractivity contribution in [2.45, 2.75) is 20.4 Å². The van der Waals surface area contributed by atoms with Gasteiger partial charge in [0.25, 0.3) is 0 Å². The molecule has 0 atom stereocenters. The van der Waals surface area contributed by atoms with E-state index in [0.717, 1.165) is 6.54 Å². The summed E-state index contributed by atoms with van der Waals surface area (Å²) in [6.07, 6.45) is 0. The Kier molecular flexibility index (Phi) is 5.41. The molecule has 0 saturated carbocycles. The van der Waals surface area contributed by atoms with Crippen LogP contribution < -0.4 is 15.5 Å². The van der Waals surface area contributed by atoms with E-state index in [0.29, 0.717) is 25.0 Å². The van der Waals surface area contributed by atoms with Gasteiger partial charge in [-0.15, -0.1) is 5.10 Å². The lowest BCUT2D eigenvalue weighted by Gasteiger charge is -2.16. The van der Waals surface area contributed by atoms with Crippen molar-refractivity contribution in [2.75, 3.05) is 31.6 Å². The molecule has 1 heterocycles. The van der Waals surface area contributed by atoms with Crippen molar-refractivity contribution in [3.63, 3.8) is 0 Å². The van der Waals surface area contributed by atoms with Gasteiger partial charge in [-0.05, 0) is 13.5 Å². The third-order valence-electron chi connectivity index (χ3n) is 2.25. The molecule has 0 saturated heterocycles. The fourth-order valence-corrected chi connectivity index (χ4v) is 1.24. The highest BCUT2D eigenvalue weighted by Gasteiger charge is 2.15. The van der Waals surface area contributed by atoms with Gasteiger partial charge >= 0.3 is 6.01 Å². The summed E-state index contributed by atoms with van der Waals surface area (Å²) < 4.78 is 5.45. The number of carbonyl (C=O) groups is 1. The lowest BCUT2D eigenvalue weighted by Crippen LogP contribution is -2.35. The van der Waals surface area contributed by atoms with Gasteiger partial charge in [0.05, 0.1) is 6.54 Å².